The molecule has 3 aliphatic rings. The van der Waals surface area contributed by atoms with E-state index < -0.39 is 46.8 Å². The summed E-state index contributed by atoms with van der Waals surface area (Å²) in [5, 5.41) is -0.502. The lowest BCUT2D eigenvalue weighted by atomic mass is 9.78. The summed E-state index contributed by atoms with van der Waals surface area (Å²) in [7, 11) is -9.96. The van der Waals surface area contributed by atoms with Gasteiger partial charge in [0, 0.05) is 38.2 Å². The summed E-state index contributed by atoms with van der Waals surface area (Å²) >= 11 is 0. The van der Waals surface area contributed by atoms with Gasteiger partial charge in [-0.05, 0) is 87.7 Å². The second-order valence-electron chi connectivity index (χ2n) is 12.8. The minimum atomic E-state index is -3.33. The Kier molecular flexibility index (Phi) is 10.8. The lowest BCUT2D eigenvalue weighted by Gasteiger charge is -2.40. The molecule has 0 amide bonds. The number of hydrogen-bond acceptors (Lipinski definition) is 7. The average molecular weight is 666 g/mol. The molecule has 2 fully saturated rings. The summed E-state index contributed by atoms with van der Waals surface area (Å²) in [6, 6.07) is 3.57. The summed E-state index contributed by atoms with van der Waals surface area (Å²) in [6.07, 6.45) is 8.22. The SMILES string of the molecule is CC1(CCS(=O)(=O)C2CCN(S(C)(=O)=O)CC2)CCN(CC[C@H](C2=CCN(S(C)(=O)=O)CC2)c2cc(F)cc(F)c2)CC1. The van der Waals surface area contributed by atoms with Gasteiger partial charge in [0.1, 0.15) is 11.6 Å². The summed E-state index contributed by atoms with van der Waals surface area (Å²) in [5.74, 6) is -1.42. The van der Waals surface area contributed by atoms with Crippen molar-refractivity contribution in [1.82, 2.24) is 13.5 Å². The predicted molar refractivity (Wildman–Crippen MR) is 164 cm³/mol. The Balaban J connectivity index is 1.33. The Labute approximate surface area is 256 Å². The Morgan fingerprint density at radius 3 is 1.95 bits per heavy atom. The molecule has 3 aliphatic heterocycles. The average Bonchev–Trinajstić information content (AvgIpc) is 2.92. The smallest absolute Gasteiger partial charge is 0.211 e. The molecule has 0 N–H and O–H groups in total. The number of sulfonamides is 2. The lowest BCUT2D eigenvalue weighted by molar-refractivity contribution is 0.113. The second-order valence-corrected chi connectivity index (χ2v) is 19.2. The van der Waals surface area contributed by atoms with Crippen LogP contribution in [0.4, 0.5) is 8.78 Å². The summed E-state index contributed by atoms with van der Waals surface area (Å²) in [5.41, 5.74) is 1.41. The van der Waals surface area contributed by atoms with Crippen LogP contribution in [0.25, 0.3) is 0 Å². The molecule has 0 unspecified atom stereocenters. The van der Waals surface area contributed by atoms with Gasteiger partial charge in [0.15, 0.2) is 9.84 Å². The van der Waals surface area contributed by atoms with Crippen molar-refractivity contribution in [3.05, 3.63) is 47.0 Å². The fourth-order valence-electron chi connectivity index (χ4n) is 6.58. The monoisotopic (exact) mass is 665 g/mol. The van der Waals surface area contributed by atoms with Gasteiger partial charge in [-0.3, -0.25) is 0 Å². The van der Waals surface area contributed by atoms with Gasteiger partial charge >= 0.3 is 0 Å². The normalized spacial score (nSPS) is 22.8. The zero-order valence-corrected chi connectivity index (χ0v) is 27.8. The van der Waals surface area contributed by atoms with Crippen LogP contribution >= 0.6 is 0 Å². The molecule has 43 heavy (non-hydrogen) atoms. The van der Waals surface area contributed by atoms with Crippen LogP contribution in [0, 0.1) is 17.0 Å². The van der Waals surface area contributed by atoms with Crippen LogP contribution in [-0.2, 0) is 29.9 Å². The van der Waals surface area contributed by atoms with E-state index in [0.29, 0.717) is 50.8 Å². The summed E-state index contributed by atoms with van der Waals surface area (Å²) < 4.78 is 105. The molecule has 14 heteroatoms. The highest BCUT2D eigenvalue weighted by atomic mass is 32.2. The van der Waals surface area contributed by atoms with Crippen molar-refractivity contribution in [3.63, 3.8) is 0 Å². The zero-order chi connectivity index (χ0) is 31.6. The van der Waals surface area contributed by atoms with Gasteiger partial charge in [0.25, 0.3) is 0 Å². The van der Waals surface area contributed by atoms with Crippen molar-refractivity contribution in [2.75, 3.05) is 64.1 Å². The Morgan fingerprint density at radius 1 is 0.860 bits per heavy atom. The fraction of sp³-hybridized carbons (Fsp3) is 0.724. The maximum absolute atomic E-state index is 14.2. The molecule has 2 saturated heterocycles. The van der Waals surface area contributed by atoms with E-state index in [1.165, 1.54) is 27.0 Å². The first-order chi connectivity index (χ1) is 20.0. The lowest BCUT2D eigenvalue weighted by Crippen LogP contribution is -2.43. The molecule has 1 aromatic carbocycles. The molecule has 0 bridgehead atoms. The zero-order valence-electron chi connectivity index (χ0n) is 25.3. The van der Waals surface area contributed by atoms with Crippen LogP contribution in [0.2, 0.25) is 0 Å². The van der Waals surface area contributed by atoms with Gasteiger partial charge in [-0.1, -0.05) is 18.6 Å². The maximum atomic E-state index is 14.2. The fourth-order valence-corrected chi connectivity index (χ4v) is 10.3. The van der Waals surface area contributed by atoms with E-state index in [4.69, 9.17) is 0 Å². The third kappa shape index (κ3) is 9.29. The molecule has 1 aromatic rings. The van der Waals surface area contributed by atoms with Gasteiger partial charge in [0.2, 0.25) is 20.0 Å². The third-order valence-corrected chi connectivity index (χ3v) is 14.4. The van der Waals surface area contributed by atoms with Crippen molar-refractivity contribution in [2.45, 2.75) is 63.0 Å². The number of hydrogen-bond donors (Lipinski definition) is 0. The highest BCUT2D eigenvalue weighted by Gasteiger charge is 2.36. The first kappa shape index (κ1) is 34.4. The van der Waals surface area contributed by atoms with Crippen molar-refractivity contribution < 1.29 is 34.0 Å². The number of halogens is 2. The molecule has 1 atom stereocenters. The maximum Gasteiger partial charge on any atom is 0.211 e. The second kappa shape index (κ2) is 13.5. The largest absolute Gasteiger partial charge is 0.303 e. The molecule has 0 saturated carbocycles. The Morgan fingerprint density at radius 2 is 1.44 bits per heavy atom. The summed E-state index contributed by atoms with van der Waals surface area (Å²) in [4.78, 5) is 2.31. The molecule has 3 heterocycles. The van der Waals surface area contributed by atoms with Crippen LogP contribution in [0.15, 0.2) is 29.8 Å². The van der Waals surface area contributed by atoms with Crippen LogP contribution in [0.1, 0.15) is 63.4 Å². The molecule has 244 valence electrons. The molecule has 9 nitrogen and oxygen atoms in total. The van der Waals surface area contributed by atoms with E-state index in [2.05, 4.69) is 11.8 Å². The number of rotatable bonds is 11. The van der Waals surface area contributed by atoms with E-state index in [-0.39, 0.29) is 36.7 Å². The van der Waals surface area contributed by atoms with Crippen molar-refractivity contribution >= 4 is 29.9 Å². The predicted octanol–water partition coefficient (Wildman–Crippen LogP) is 3.36. The van der Waals surface area contributed by atoms with Gasteiger partial charge in [0.05, 0.1) is 23.5 Å². The van der Waals surface area contributed by atoms with Crippen LogP contribution in [-0.4, -0.2) is 108 Å². The molecular formula is C29H45F2N3O6S3. The third-order valence-electron chi connectivity index (χ3n) is 9.58. The molecular weight excluding hydrogens is 621 g/mol. The van der Waals surface area contributed by atoms with Gasteiger partial charge in [-0.15, -0.1) is 0 Å². The van der Waals surface area contributed by atoms with Gasteiger partial charge in [-0.25, -0.2) is 38.3 Å². The van der Waals surface area contributed by atoms with Gasteiger partial charge in [-0.2, -0.15) is 4.31 Å². The number of piperidine rings is 2. The minimum absolute atomic E-state index is 0.0961. The van der Waals surface area contributed by atoms with Crippen molar-refractivity contribution in [1.29, 1.82) is 0 Å². The molecule has 0 aliphatic carbocycles. The Hall–Kier alpha value is -1.45. The Bertz CT molecular complexity index is 1480. The molecule has 4 rings (SSSR count). The van der Waals surface area contributed by atoms with Crippen LogP contribution in [0.5, 0.6) is 0 Å². The number of benzene rings is 1. The van der Waals surface area contributed by atoms with Crippen LogP contribution < -0.4 is 0 Å². The van der Waals surface area contributed by atoms with E-state index in [9.17, 15) is 34.0 Å². The highest BCUT2D eigenvalue weighted by molar-refractivity contribution is 7.92. The minimum Gasteiger partial charge on any atom is -0.303 e. The quantitative estimate of drug-likeness (QED) is 0.334. The van der Waals surface area contributed by atoms with E-state index in [0.717, 1.165) is 43.8 Å². The van der Waals surface area contributed by atoms with E-state index in [1.54, 1.807) is 0 Å². The number of sulfone groups is 1. The van der Waals surface area contributed by atoms with Crippen LogP contribution in [0.3, 0.4) is 0 Å². The number of likely N-dealkylation sites (tertiary alicyclic amines) is 1. The van der Waals surface area contributed by atoms with E-state index >= 15 is 0 Å². The summed E-state index contributed by atoms with van der Waals surface area (Å²) in [6.45, 7) is 5.46. The molecule has 0 spiro atoms. The van der Waals surface area contributed by atoms with Gasteiger partial charge < -0.3 is 4.90 Å². The number of nitrogens with zero attached hydrogens (tertiary/aromatic N) is 3. The molecule has 0 aromatic heterocycles. The standard InChI is InChI=1S/C29H45F2N3O6S3/c1-29(11-19-43(39,40)27-6-15-34(16-7-27)42(3,37)38)9-17-32(18-10-29)12-8-28(24-20-25(30)22-26(31)21-24)23-4-13-33(14-5-23)41(2,35)36/h4,20-22,27-28H,5-19H2,1-3H3/t28-/m1/s1. The molecule has 0 radical (unpaired) electrons. The first-order valence-corrected chi connectivity index (χ1v) is 20.4. The first-order valence-electron chi connectivity index (χ1n) is 14.9. The highest BCUT2D eigenvalue weighted by Crippen LogP contribution is 2.38. The van der Waals surface area contributed by atoms with E-state index in [1.807, 2.05) is 6.08 Å². The van der Waals surface area contributed by atoms with Crippen molar-refractivity contribution in [3.8, 4) is 0 Å². The topological polar surface area (TPSA) is 112 Å². The van der Waals surface area contributed by atoms with Crippen molar-refractivity contribution in [2.24, 2.45) is 5.41 Å².